The van der Waals surface area contributed by atoms with E-state index in [1.54, 1.807) is 0 Å². The Bertz CT molecular complexity index is 571. The maximum Gasteiger partial charge on any atom is 0.0261 e. The molecule has 103 valence electrons. The summed E-state index contributed by atoms with van der Waals surface area (Å²) in [6, 6.07) is 17.4. The fourth-order valence-corrected chi connectivity index (χ4v) is 2.84. The molecule has 20 heavy (non-hydrogen) atoms. The topological polar surface area (TPSA) is 17.3 Å². The molecule has 0 N–H and O–H groups in total. The van der Waals surface area contributed by atoms with Crippen molar-refractivity contribution in [3.8, 4) is 11.1 Å². The first-order valence-electron chi connectivity index (χ1n) is 7.34. The van der Waals surface area contributed by atoms with Crippen LogP contribution in [0.2, 0.25) is 0 Å². The van der Waals surface area contributed by atoms with E-state index in [4.69, 9.17) is 0 Å². The summed E-state index contributed by atoms with van der Waals surface area (Å²) in [5.74, 6) is 0. The number of benzene rings is 2. The fourth-order valence-electron chi connectivity index (χ4n) is 2.84. The van der Waals surface area contributed by atoms with Crippen molar-refractivity contribution in [3.63, 3.8) is 0 Å². The van der Waals surface area contributed by atoms with Crippen LogP contribution in [0.15, 0.2) is 48.5 Å². The van der Waals surface area contributed by atoms with Crippen molar-refractivity contribution in [1.29, 1.82) is 0 Å². The Morgan fingerprint density at radius 1 is 0.900 bits per heavy atom. The summed E-state index contributed by atoms with van der Waals surface area (Å²) < 4.78 is 0. The molecular weight excluding hydrogens is 244 g/mol. The summed E-state index contributed by atoms with van der Waals surface area (Å²) >= 11 is 0. The smallest absolute Gasteiger partial charge is 0.0261 e. The van der Waals surface area contributed by atoms with E-state index in [1.807, 2.05) is 0 Å². The van der Waals surface area contributed by atoms with Crippen LogP contribution in [0.1, 0.15) is 11.1 Å². The molecule has 1 heterocycles. The van der Waals surface area contributed by atoms with Crippen molar-refractivity contribution >= 4 is 0 Å². The lowest BCUT2D eigenvalue weighted by atomic mass is 9.96. The standard InChI is InChI=1S/C18H21N2/c1-15-6-2-4-8-17(15)18-9-5-3-7-16(18)14-20-12-10-19-11-13-20/h2-9H,10-14H2,1H3. The minimum atomic E-state index is 0.979. The van der Waals surface area contributed by atoms with Crippen molar-refractivity contribution in [2.75, 3.05) is 26.2 Å². The molecule has 1 radical (unpaired) electrons. The third kappa shape index (κ3) is 2.92. The lowest BCUT2D eigenvalue weighted by Gasteiger charge is -2.27. The molecule has 1 saturated heterocycles. The molecule has 0 aromatic heterocycles. The molecule has 2 aromatic rings. The van der Waals surface area contributed by atoms with Gasteiger partial charge in [-0.3, -0.25) is 4.90 Å². The molecule has 0 unspecified atom stereocenters. The van der Waals surface area contributed by atoms with Crippen LogP contribution in [0.5, 0.6) is 0 Å². The van der Waals surface area contributed by atoms with Gasteiger partial charge < -0.3 is 0 Å². The van der Waals surface area contributed by atoms with E-state index < -0.39 is 0 Å². The quantitative estimate of drug-likeness (QED) is 0.833. The SMILES string of the molecule is Cc1ccccc1-c1ccccc1CN1CC[N]CC1. The summed E-state index contributed by atoms with van der Waals surface area (Å²) in [6.45, 7) is 7.34. The van der Waals surface area contributed by atoms with Crippen LogP contribution in [0.25, 0.3) is 11.1 Å². The van der Waals surface area contributed by atoms with Crippen LogP contribution >= 0.6 is 0 Å². The molecule has 2 aromatic carbocycles. The Morgan fingerprint density at radius 2 is 1.55 bits per heavy atom. The summed E-state index contributed by atoms with van der Waals surface area (Å²) in [5.41, 5.74) is 5.48. The largest absolute Gasteiger partial charge is 0.296 e. The molecule has 0 atom stereocenters. The van der Waals surface area contributed by atoms with Gasteiger partial charge in [-0.25, -0.2) is 5.32 Å². The van der Waals surface area contributed by atoms with E-state index in [-0.39, 0.29) is 0 Å². The Morgan fingerprint density at radius 3 is 2.30 bits per heavy atom. The van der Waals surface area contributed by atoms with E-state index in [1.165, 1.54) is 22.3 Å². The molecule has 0 bridgehead atoms. The zero-order valence-electron chi connectivity index (χ0n) is 12.0. The van der Waals surface area contributed by atoms with Crippen LogP contribution in [0.4, 0.5) is 0 Å². The van der Waals surface area contributed by atoms with Gasteiger partial charge in [0, 0.05) is 32.7 Å². The fraction of sp³-hybridized carbons (Fsp3) is 0.333. The van der Waals surface area contributed by atoms with Gasteiger partial charge >= 0.3 is 0 Å². The summed E-state index contributed by atoms with van der Waals surface area (Å²) in [7, 11) is 0. The van der Waals surface area contributed by atoms with Gasteiger partial charge in [0.05, 0.1) is 0 Å². The third-order valence-electron chi connectivity index (χ3n) is 4.00. The molecule has 1 aliphatic rings. The lowest BCUT2D eigenvalue weighted by molar-refractivity contribution is 0.231. The van der Waals surface area contributed by atoms with Gasteiger partial charge in [0.25, 0.3) is 0 Å². The molecular formula is C18H21N2. The van der Waals surface area contributed by atoms with Gasteiger partial charge in [0.1, 0.15) is 0 Å². The van der Waals surface area contributed by atoms with E-state index >= 15 is 0 Å². The molecule has 1 fully saturated rings. The highest BCUT2D eigenvalue weighted by atomic mass is 15.2. The lowest BCUT2D eigenvalue weighted by Crippen LogP contribution is -2.39. The molecule has 0 spiro atoms. The zero-order valence-corrected chi connectivity index (χ0v) is 12.0. The normalized spacial score (nSPS) is 16.2. The second-order valence-corrected chi connectivity index (χ2v) is 5.42. The molecule has 2 heteroatoms. The maximum atomic E-state index is 4.42. The molecule has 2 nitrogen and oxygen atoms in total. The average Bonchev–Trinajstić information content (AvgIpc) is 2.50. The van der Waals surface area contributed by atoms with E-state index in [0.717, 1.165) is 32.7 Å². The van der Waals surface area contributed by atoms with E-state index in [9.17, 15) is 0 Å². The molecule has 1 aliphatic heterocycles. The summed E-state index contributed by atoms with van der Waals surface area (Å²) in [6.07, 6.45) is 0. The maximum absolute atomic E-state index is 4.42. The predicted octanol–water partition coefficient (Wildman–Crippen LogP) is 3.08. The van der Waals surface area contributed by atoms with Gasteiger partial charge in [-0.05, 0) is 29.2 Å². The summed E-state index contributed by atoms with van der Waals surface area (Å²) in [4.78, 5) is 2.50. The highest BCUT2D eigenvalue weighted by molar-refractivity contribution is 5.70. The predicted molar refractivity (Wildman–Crippen MR) is 83.8 cm³/mol. The van der Waals surface area contributed by atoms with Crippen molar-refractivity contribution in [3.05, 3.63) is 59.7 Å². The Balaban J connectivity index is 1.90. The van der Waals surface area contributed by atoms with Gasteiger partial charge in [-0.15, -0.1) is 0 Å². The Hall–Kier alpha value is -1.64. The Labute approximate surface area is 121 Å². The van der Waals surface area contributed by atoms with E-state index in [2.05, 4.69) is 65.7 Å². The molecule has 0 saturated carbocycles. The zero-order chi connectivity index (χ0) is 13.8. The van der Waals surface area contributed by atoms with E-state index in [0.29, 0.717) is 0 Å². The minimum absolute atomic E-state index is 0.979. The van der Waals surface area contributed by atoms with Crippen LogP contribution in [-0.4, -0.2) is 31.1 Å². The molecule has 0 aliphatic carbocycles. The highest BCUT2D eigenvalue weighted by Crippen LogP contribution is 2.27. The number of piperazine rings is 1. The first-order chi connectivity index (χ1) is 9.84. The van der Waals surface area contributed by atoms with Gasteiger partial charge in [0.15, 0.2) is 0 Å². The number of hydrogen-bond donors (Lipinski definition) is 0. The van der Waals surface area contributed by atoms with Gasteiger partial charge in [-0.2, -0.15) is 0 Å². The highest BCUT2D eigenvalue weighted by Gasteiger charge is 2.13. The average molecular weight is 265 g/mol. The van der Waals surface area contributed by atoms with Crippen LogP contribution in [-0.2, 0) is 6.54 Å². The second-order valence-electron chi connectivity index (χ2n) is 5.42. The minimum Gasteiger partial charge on any atom is -0.296 e. The summed E-state index contributed by atoms with van der Waals surface area (Å²) in [5, 5.41) is 4.42. The van der Waals surface area contributed by atoms with Crippen LogP contribution < -0.4 is 5.32 Å². The van der Waals surface area contributed by atoms with Crippen molar-refractivity contribution < 1.29 is 0 Å². The first kappa shape index (κ1) is 13.3. The van der Waals surface area contributed by atoms with Gasteiger partial charge in [0.2, 0.25) is 0 Å². The van der Waals surface area contributed by atoms with Crippen molar-refractivity contribution in [2.24, 2.45) is 0 Å². The van der Waals surface area contributed by atoms with Crippen LogP contribution in [0, 0.1) is 6.92 Å². The first-order valence-corrected chi connectivity index (χ1v) is 7.34. The number of nitrogens with zero attached hydrogens (tertiary/aromatic N) is 2. The third-order valence-corrected chi connectivity index (χ3v) is 4.00. The number of rotatable bonds is 3. The monoisotopic (exact) mass is 265 g/mol. The number of aryl methyl sites for hydroxylation is 1. The second kappa shape index (κ2) is 6.21. The molecule has 0 amide bonds. The Kier molecular flexibility index (Phi) is 4.14. The van der Waals surface area contributed by atoms with Crippen LogP contribution in [0.3, 0.4) is 0 Å². The van der Waals surface area contributed by atoms with Crippen molar-refractivity contribution in [2.45, 2.75) is 13.5 Å². The van der Waals surface area contributed by atoms with Gasteiger partial charge in [-0.1, -0.05) is 48.5 Å². The van der Waals surface area contributed by atoms with Crippen molar-refractivity contribution in [1.82, 2.24) is 10.2 Å². The molecule has 3 rings (SSSR count). The number of hydrogen-bond acceptors (Lipinski definition) is 1.